The van der Waals surface area contributed by atoms with Crippen LogP contribution in [0, 0.1) is 0 Å². The van der Waals surface area contributed by atoms with Crippen LogP contribution in [0.2, 0.25) is 0 Å². The second kappa shape index (κ2) is 11.5. The molecule has 82 valence electrons. The summed E-state index contributed by atoms with van der Waals surface area (Å²) in [6.07, 6.45) is -6.39. The summed E-state index contributed by atoms with van der Waals surface area (Å²) in [5.74, 6) is 0. The molecule has 0 spiro atoms. The van der Waals surface area contributed by atoms with E-state index in [1.165, 1.54) is 0 Å². The Hall–Kier alpha value is 2.05. The minimum atomic E-state index is -1.67. The standard InChI is InChI=1S/C6H14O6.Ba.Ti.2H/c7-1-3(9)5(11)6(12)4(10)2-8;;;;/h3-12H,1-2H2;;;;/q;+2;;2*-1/t3-,4+,5-,6-;;;;/m1..../s1. The maximum atomic E-state index is 8.96. The number of hydrogen-bond acceptors (Lipinski definition) is 6. The number of hydrogen-bond donors (Lipinski definition) is 6. The van der Waals surface area contributed by atoms with Crippen LogP contribution in [-0.4, -0.2) is 117 Å². The molecule has 6 nitrogen and oxygen atoms in total. The largest absolute Gasteiger partial charge is 2.00 e. The Morgan fingerprint density at radius 3 is 1.14 bits per heavy atom. The summed E-state index contributed by atoms with van der Waals surface area (Å²) in [6.45, 7) is -1.45. The Kier molecular flexibility index (Phi) is 17.6. The molecule has 0 bridgehead atoms. The number of rotatable bonds is 5. The van der Waals surface area contributed by atoms with Crippen molar-refractivity contribution in [3.8, 4) is 0 Å². The molecule has 0 rings (SSSR count). The van der Waals surface area contributed by atoms with Crippen molar-refractivity contribution in [3.63, 3.8) is 0 Å². The molecule has 0 heterocycles. The first-order valence-electron chi connectivity index (χ1n) is 3.48. The van der Waals surface area contributed by atoms with Gasteiger partial charge in [-0.3, -0.25) is 0 Å². The van der Waals surface area contributed by atoms with Crippen molar-refractivity contribution in [2.45, 2.75) is 24.4 Å². The van der Waals surface area contributed by atoms with Gasteiger partial charge in [0.05, 0.1) is 13.2 Å². The van der Waals surface area contributed by atoms with Gasteiger partial charge in [-0.15, -0.1) is 0 Å². The van der Waals surface area contributed by atoms with E-state index in [0.717, 1.165) is 0 Å². The van der Waals surface area contributed by atoms with Gasteiger partial charge >= 0.3 is 48.9 Å². The van der Waals surface area contributed by atoms with Crippen LogP contribution in [0.15, 0.2) is 0 Å². The average Bonchev–Trinajstić information content (AvgIpc) is 2.12. The molecule has 0 saturated carbocycles. The van der Waals surface area contributed by atoms with Gasteiger partial charge in [-0.1, -0.05) is 0 Å². The molecular formula is C6H16BaO6Ti. The van der Waals surface area contributed by atoms with E-state index in [9.17, 15) is 0 Å². The van der Waals surface area contributed by atoms with Gasteiger partial charge in [0, 0.05) is 21.7 Å². The predicted molar refractivity (Wildman–Crippen MR) is 46.2 cm³/mol. The van der Waals surface area contributed by atoms with E-state index in [4.69, 9.17) is 30.6 Å². The van der Waals surface area contributed by atoms with Crippen molar-refractivity contribution in [2.75, 3.05) is 13.2 Å². The zero-order valence-corrected chi connectivity index (χ0v) is 13.6. The van der Waals surface area contributed by atoms with Crippen molar-refractivity contribution in [2.24, 2.45) is 0 Å². The first kappa shape index (κ1) is 21.3. The summed E-state index contributed by atoms with van der Waals surface area (Å²) in [6, 6.07) is 0. The average molecular weight is 369 g/mol. The number of aliphatic hydroxyl groups is 6. The van der Waals surface area contributed by atoms with Crippen LogP contribution in [-0.2, 0) is 21.7 Å². The Morgan fingerprint density at radius 1 is 0.786 bits per heavy atom. The van der Waals surface area contributed by atoms with Gasteiger partial charge in [0.15, 0.2) is 0 Å². The van der Waals surface area contributed by atoms with Gasteiger partial charge < -0.3 is 33.5 Å². The molecular weight excluding hydrogens is 353 g/mol. The summed E-state index contributed by atoms with van der Waals surface area (Å²) in [7, 11) is 0. The second-order valence-electron chi connectivity index (χ2n) is 2.48. The minimum Gasteiger partial charge on any atom is -1.00 e. The van der Waals surface area contributed by atoms with Crippen LogP contribution in [0.1, 0.15) is 2.85 Å². The zero-order valence-electron chi connectivity index (χ0n) is 9.61. The quantitative estimate of drug-likeness (QED) is 0.277. The summed E-state index contributed by atoms with van der Waals surface area (Å²) in [5, 5.41) is 52.2. The van der Waals surface area contributed by atoms with Gasteiger partial charge in [0.1, 0.15) is 24.4 Å². The molecule has 0 aliphatic carbocycles. The van der Waals surface area contributed by atoms with Crippen LogP contribution >= 0.6 is 0 Å². The maximum absolute atomic E-state index is 8.96. The molecule has 4 atom stereocenters. The fraction of sp³-hybridized carbons (Fsp3) is 1.00. The summed E-state index contributed by atoms with van der Waals surface area (Å²) in [4.78, 5) is 0. The summed E-state index contributed by atoms with van der Waals surface area (Å²) >= 11 is 0. The normalized spacial score (nSPS) is 18.4. The van der Waals surface area contributed by atoms with Crippen LogP contribution < -0.4 is 0 Å². The Balaban J connectivity index is -0.000000101. The molecule has 6 N–H and O–H groups in total. The van der Waals surface area contributed by atoms with Crippen molar-refractivity contribution >= 4 is 48.9 Å². The molecule has 0 amide bonds. The first-order valence-corrected chi connectivity index (χ1v) is 3.48. The van der Waals surface area contributed by atoms with Crippen molar-refractivity contribution in [1.29, 1.82) is 0 Å². The maximum Gasteiger partial charge on any atom is 2.00 e. The third kappa shape index (κ3) is 7.34. The van der Waals surface area contributed by atoms with Gasteiger partial charge in [0.2, 0.25) is 0 Å². The monoisotopic (exact) mass is 370 g/mol. The van der Waals surface area contributed by atoms with E-state index >= 15 is 0 Å². The summed E-state index contributed by atoms with van der Waals surface area (Å²) in [5.41, 5.74) is 0. The van der Waals surface area contributed by atoms with Gasteiger partial charge in [0.25, 0.3) is 0 Å². The van der Waals surface area contributed by atoms with E-state index < -0.39 is 37.6 Å². The van der Waals surface area contributed by atoms with Gasteiger partial charge in [-0.05, 0) is 0 Å². The molecule has 0 radical (unpaired) electrons. The molecule has 14 heavy (non-hydrogen) atoms. The fourth-order valence-electron chi connectivity index (χ4n) is 0.671. The molecule has 0 unspecified atom stereocenters. The number of aliphatic hydroxyl groups excluding tert-OH is 6. The topological polar surface area (TPSA) is 121 Å². The molecule has 0 aliphatic rings. The Bertz CT molecular complexity index is 124. The molecule has 0 aromatic heterocycles. The van der Waals surface area contributed by atoms with E-state index in [-0.39, 0.29) is 73.5 Å². The smallest absolute Gasteiger partial charge is 1.00 e. The predicted octanol–water partition coefficient (Wildman–Crippen LogP) is -3.74. The van der Waals surface area contributed by atoms with Gasteiger partial charge in [-0.25, -0.2) is 0 Å². The molecule has 0 fully saturated rings. The third-order valence-corrected chi connectivity index (χ3v) is 1.51. The van der Waals surface area contributed by atoms with Crippen LogP contribution in [0.4, 0.5) is 0 Å². The first-order chi connectivity index (χ1) is 5.54. The molecule has 0 aromatic rings. The van der Waals surface area contributed by atoms with Crippen molar-refractivity contribution < 1.29 is 55.2 Å². The van der Waals surface area contributed by atoms with Crippen LogP contribution in [0.25, 0.3) is 0 Å². The summed E-state index contributed by atoms with van der Waals surface area (Å²) < 4.78 is 0. The van der Waals surface area contributed by atoms with E-state index in [2.05, 4.69) is 0 Å². The SMILES string of the molecule is OC[C@@H](O)[C@@H](O)[C@H](O)[C@@H](O)CO.[Ba+2].[H-].[H-].[Ti]. The van der Waals surface area contributed by atoms with Crippen LogP contribution in [0.3, 0.4) is 0 Å². The zero-order chi connectivity index (χ0) is 9.72. The molecule has 0 aromatic carbocycles. The van der Waals surface area contributed by atoms with Crippen LogP contribution in [0.5, 0.6) is 0 Å². The fourth-order valence-corrected chi connectivity index (χ4v) is 0.671. The third-order valence-electron chi connectivity index (χ3n) is 1.51. The van der Waals surface area contributed by atoms with Crippen molar-refractivity contribution in [3.05, 3.63) is 0 Å². The van der Waals surface area contributed by atoms with Gasteiger partial charge in [-0.2, -0.15) is 0 Å². The Morgan fingerprint density at radius 2 is 1.00 bits per heavy atom. The molecule has 0 saturated heterocycles. The Labute approximate surface area is 140 Å². The minimum absolute atomic E-state index is 0. The van der Waals surface area contributed by atoms with E-state index in [0.29, 0.717) is 0 Å². The van der Waals surface area contributed by atoms with Crippen molar-refractivity contribution in [1.82, 2.24) is 0 Å². The molecule has 0 aliphatic heterocycles. The molecule has 8 heteroatoms. The van der Waals surface area contributed by atoms with E-state index in [1.807, 2.05) is 0 Å². The second-order valence-corrected chi connectivity index (χ2v) is 2.48. The van der Waals surface area contributed by atoms with E-state index in [1.54, 1.807) is 0 Å².